The summed E-state index contributed by atoms with van der Waals surface area (Å²) >= 11 is 0. The molecule has 2 heterocycles. The number of ether oxygens (including phenoxy) is 2. The van der Waals surface area contributed by atoms with Crippen LogP contribution in [-0.2, 0) is 14.3 Å². The molecule has 1 amide bonds. The Hall–Kier alpha value is -3.19. The van der Waals surface area contributed by atoms with Crippen LogP contribution in [0.5, 0.6) is 5.75 Å². The molecule has 0 bridgehead atoms. The monoisotopic (exact) mass is 439 g/mol. The number of benzene rings is 2. The van der Waals surface area contributed by atoms with Crippen LogP contribution in [0.15, 0.2) is 54.1 Å². The van der Waals surface area contributed by atoms with Crippen LogP contribution in [0.1, 0.15) is 43.4 Å². The van der Waals surface area contributed by atoms with Gasteiger partial charge in [0, 0.05) is 18.7 Å². The van der Waals surface area contributed by atoms with Crippen molar-refractivity contribution < 1.29 is 28.6 Å². The van der Waals surface area contributed by atoms with E-state index in [2.05, 4.69) is 0 Å². The van der Waals surface area contributed by atoms with Crippen LogP contribution in [-0.4, -0.2) is 47.6 Å². The highest BCUT2D eigenvalue weighted by molar-refractivity contribution is 6.46. The molecule has 0 aliphatic carbocycles. The second-order valence-electron chi connectivity index (χ2n) is 8.01. The summed E-state index contributed by atoms with van der Waals surface area (Å²) in [6, 6.07) is 11.6. The summed E-state index contributed by atoms with van der Waals surface area (Å²) in [5.41, 5.74) is 0.936. The summed E-state index contributed by atoms with van der Waals surface area (Å²) in [6.07, 6.45) is 2.42. The maximum atomic E-state index is 13.4. The zero-order valence-electron chi connectivity index (χ0n) is 17.9. The molecule has 2 unspecified atom stereocenters. The number of nitrogens with zero attached hydrogens (tertiary/aromatic N) is 1. The van der Waals surface area contributed by atoms with Crippen molar-refractivity contribution in [3.05, 3.63) is 71.0 Å². The molecule has 32 heavy (non-hydrogen) atoms. The molecule has 0 radical (unpaired) electrons. The summed E-state index contributed by atoms with van der Waals surface area (Å²) in [5, 5.41) is 11.0. The largest absolute Gasteiger partial charge is 0.507 e. The number of rotatable bonds is 7. The van der Waals surface area contributed by atoms with E-state index >= 15 is 0 Å². The number of hydrogen-bond acceptors (Lipinski definition) is 5. The Bertz CT molecular complexity index is 1010. The molecule has 0 aromatic heterocycles. The third kappa shape index (κ3) is 4.39. The highest BCUT2D eigenvalue weighted by atomic mass is 19.1. The van der Waals surface area contributed by atoms with E-state index in [1.807, 2.05) is 6.92 Å². The van der Waals surface area contributed by atoms with E-state index in [1.165, 1.54) is 29.2 Å². The number of likely N-dealkylation sites (tertiary alicyclic amines) is 1. The number of aliphatic hydroxyl groups excluding tert-OH is 1. The molecule has 2 aliphatic heterocycles. The third-order valence-electron chi connectivity index (χ3n) is 5.75. The lowest BCUT2D eigenvalue weighted by molar-refractivity contribution is -0.140. The minimum atomic E-state index is -0.774. The standard InChI is InChI=1S/C25H26FNO5/c1-2-13-31-19-11-7-16(8-12-19)22-21(23(28)17-5-9-18(26)10-6-17)24(29)25(30)27(22)15-20-4-3-14-32-20/h5-12,20,22,28H,2-4,13-15H2,1H3. The van der Waals surface area contributed by atoms with Crippen molar-refractivity contribution in [2.45, 2.75) is 38.3 Å². The molecule has 2 aliphatic rings. The topological polar surface area (TPSA) is 76.1 Å². The van der Waals surface area contributed by atoms with Gasteiger partial charge in [0.15, 0.2) is 0 Å². The summed E-state index contributed by atoms with van der Waals surface area (Å²) in [4.78, 5) is 27.5. The average Bonchev–Trinajstić information content (AvgIpc) is 3.40. The van der Waals surface area contributed by atoms with Crippen LogP contribution in [0.3, 0.4) is 0 Å². The van der Waals surface area contributed by atoms with Crippen LogP contribution in [0, 0.1) is 5.82 Å². The van der Waals surface area contributed by atoms with Crippen molar-refractivity contribution in [2.24, 2.45) is 0 Å². The van der Waals surface area contributed by atoms with Crippen LogP contribution in [0.25, 0.3) is 5.76 Å². The molecule has 1 N–H and O–H groups in total. The molecule has 168 valence electrons. The number of amides is 1. The zero-order chi connectivity index (χ0) is 22.7. The molecule has 6 nitrogen and oxygen atoms in total. The Morgan fingerprint density at radius 2 is 1.88 bits per heavy atom. The molecule has 2 atom stereocenters. The SMILES string of the molecule is CCCOc1ccc(C2C(=C(O)c3ccc(F)cc3)C(=O)C(=O)N2CC2CCCO2)cc1. The number of aliphatic hydroxyl groups is 1. The molecule has 0 saturated carbocycles. The number of carbonyl (C=O) groups excluding carboxylic acids is 2. The normalized spacial score (nSPS) is 22.5. The second kappa shape index (κ2) is 9.53. The third-order valence-corrected chi connectivity index (χ3v) is 5.75. The summed E-state index contributed by atoms with van der Waals surface area (Å²) < 4.78 is 24.7. The summed E-state index contributed by atoms with van der Waals surface area (Å²) in [6.45, 7) is 3.48. The van der Waals surface area contributed by atoms with Gasteiger partial charge < -0.3 is 19.5 Å². The summed E-state index contributed by atoms with van der Waals surface area (Å²) in [7, 11) is 0. The first-order valence-corrected chi connectivity index (χ1v) is 10.9. The second-order valence-corrected chi connectivity index (χ2v) is 8.01. The van der Waals surface area contributed by atoms with Gasteiger partial charge in [-0.1, -0.05) is 19.1 Å². The predicted molar refractivity (Wildman–Crippen MR) is 117 cm³/mol. The Morgan fingerprint density at radius 3 is 2.50 bits per heavy atom. The predicted octanol–water partition coefficient (Wildman–Crippen LogP) is 4.22. The van der Waals surface area contributed by atoms with E-state index < -0.39 is 23.5 Å². The molecule has 2 aromatic rings. The van der Waals surface area contributed by atoms with Gasteiger partial charge in [-0.15, -0.1) is 0 Å². The van der Waals surface area contributed by atoms with Crippen LogP contribution < -0.4 is 4.74 Å². The molecular formula is C25H26FNO5. The van der Waals surface area contributed by atoms with Gasteiger partial charge in [-0.25, -0.2) is 4.39 Å². The van der Waals surface area contributed by atoms with Crippen molar-refractivity contribution in [1.29, 1.82) is 0 Å². The minimum absolute atomic E-state index is 0.0122. The van der Waals surface area contributed by atoms with Crippen molar-refractivity contribution in [2.75, 3.05) is 19.8 Å². The first kappa shape index (κ1) is 22.0. The number of halogens is 1. The number of carbonyl (C=O) groups is 2. The molecule has 0 spiro atoms. The lowest BCUT2D eigenvalue weighted by atomic mass is 9.95. The van der Waals surface area contributed by atoms with Crippen molar-refractivity contribution >= 4 is 17.4 Å². The molecule has 7 heteroatoms. The quantitative estimate of drug-likeness (QED) is 0.397. The first-order chi connectivity index (χ1) is 15.5. The highest BCUT2D eigenvalue weighted by Gasteiger charge is 2.47. The van der Waals surface area contributed by atoms with E-state index in [4.69, 9.17) is 9.47 Å². The fourth-order valence-electron chi connectivity index (χ4n) is 4.15. The Balaban J connectivity index is 1.75. The molecule has 2 fully saturated rings. The summed E-state index contributed by atoms with van der Waals surface area (Å²) in [5.74, 6) is -1.54. The van der Waals surface area contributed by atoms with Crippen LogP contribution >= 0.6 is 0 Å². The van der Waals surface area contributed by atoms with Gasteiger partial charge in [0.25, 0.3) is 11.7 Å². The van der Waals surface area contributed by atoms with Gasteiger partial charge in [0.05, 0.1) is 24.3 Å². The lowest BCUT2D eigenvalue weighted by Crippen LogP contribution is -2.36. The first-order valence-electron chi connectivity index (χ1n) is 10.9. The van der Waals surface area contributed by atoms with Gasteiger partial charge in [-0.3, -0.25) is 9.59 Å². The molecule has 4 rings (SSSR count). The Morgan fingerprint density at radius 1 is 1.16 bits per heavy atom. The van der Waals surface area contributed by atoms with E-state index in [0.717, 1.165) is 19.3 Å². The molecular weight excluding hydrogens is 413 g/mol. The van der Waals surface area contributed by atoms with Gasteiger partial charge in [-0.2, -0.15) is 0 Å². The van der Waals surface area contributed by atoms with Gasteiger partial charge in [0.1, 0.15) is 17.3 Å². The molecule has 2 aromatic carbocycles. The smallest absolute Gasteiger partial charge is 0.295 e. The van der Waals surface area contributed by atoms with Gasteiger partial charge in [-0.05, 0) is 61.2 Å². The van der Waals surface area contributed by atoms with Crippen molar-refractivity contribution in [3.8, 4) is 5.75 Å². The molecule has 2 saturated heterocycles. The van der Waals surface area contributed by atoms with Gasteiger partial charge in [0.2, 0.25) is 0 Å². The van der Waals surface area contributed by atoms with Crippen LogP contribution in [0.4, 0.5) is 4.39 Å². The minimum Gasteiger partial charge on any atom is -0.507 e. The number of Topliss-reactive ketones (excluding diaryl/α,β-unsaturated/α-hetero) is 1. The van der Waals surface area contributed by atoms with Crippen LogP contribution in [0.2, 0.25) is 0 Å². The maximum Gasteiger partial charge on any atom is 0.295 e. The van der Waals surface area contributed by atoms with E-state index in [1.54, 1.807) is 24.3 Å². The van der Waals surface area contributed by atoms with E-state index in [9.17, 15) is 19.1 Å². The fourth-order valence-corrected chi connectivity index (χ4v) is 4.15. The average molecular weight is 439 g/mol. The Labute approximate surface area is 186 Å². The van der Waals surface area contributed by atoms with Crippen molar-refractivity contribution in [1.82, 2.24) is 4.90 Å². The van der Waals surface area contributed by atoms with Gasteiger partial charge >= 0.3 is 0 Å². The zero-order valence-corrected chi connectivity index (χ0v) is 17.9. The number of ketones is 1. The number of hydrogen-bond donors (Lipinski definition) is 1. The van der Waals surface area contributed by atoms with E-state index in [-0.39, 0.29) is 29.5 Å². The maximum absolute atomic E-state index is 13.4. The highest BCUT2D eigenvalue weighted by Crippen LogP contribution is 2.40. The lowest BCUT2D eigenvalue weighted by Gasteiger charge is -2.27. The Kier molecular flexibility index (Phi) is 6.55. The fraction of sp³-hybridized carbons (Fsp3) is 0.360. The van der Waals surface area contributed by atoms with Crippen molar-refractivity contribution in [3.63, 3.8) is 0 Å². The van der Waals surface area contributed by atoms with E-state index in [0.29, 0.717) is 24.5 Å².